The molecule has 0 amide bonds. The van der Waals surface area contributed by atoms with Gasteiger partial charge < -0.3 is 9.13 Å². The highest BCUT2D eigenvalue weighted by Gasteiger charge is 2.22. The second-order valence-corrected chi connectivity index (χ2v) is 23.6. The highest BCUT2D eigenvalue weighted by molar-refractivity contribution is 7.26. The van der Waals surface area contributed by atoms with Crippen molar-refractivity contribution in [3.05, 3.63) is 277 Å². The van der Waals surface area contributed by atoms with E-state index in [1.807, 2.05) is 59.1 Å². The molecule has 16 rings (SSSR count). The zero-order valence-electron chi connectivity index (χ0n) is 44.8. The first-order chi connectivity index (χ1) is 40.7. The second kappa shape index (κ2) is 20.2. The summed E-state index contributed by atoms with van der Waals surface area (Å²) in [7, 11) is 0. The number of hydrogen-bond donors (Lipinski definition) is 0. The predicted octanol–water partition coefficient (Wildman–Crippen LogP) is 18.9. The van der Waals surface area contributed by atoms with Crippen molar-refractivity contribution >= 4 is 107 Å². The molecule has 6 heterocycles. The standard InChI is InChI=1S/C74H52N6S2/c1-5-19-50(20-6-1)73-76-66(77-74(78-73)51-21-7-2-8-22-51)44-38-52-45-47(35-36-48-23-17-33-62-67(48)71-64(81-62)42-40-60-69(71)55-29-13-15-31-58(55)79(60)53-25-9-3-10-26-53)46-75-57(52)39-37-49-24-18-34-63-68(49)72-65(82-63)43-41-61-70(72)56-30-14-16-32-59(56)80(61)54-27-11-4-12-28-54/h1-34,40-43,45-46H,35-39,44H2. The van der Waals surface area contributed by atoms with E-state index in [4.69, 9.17) is 19.9 Å². The average Bonchev–Trinajstić information content (AvgIpc) is 2.72. The number of nitrogens with zero attached hydrogens (tertiary/aromatic N) is 6. The van der Waals surface area contributed by atoms with Crippen LogP contribution in [-0.4, -0.2) is 29.1 Å². The molecule has 0 aliphatic rings. The molecule has 390 valence electrons. The van der Waals surface area contributed by atoms with Crippen molar-refractivity contribution < 1.29 is 0 Å². The van der Waals surface area contributed by atoms with E-state index in [-0.39, 0.29) is 0 Å². The van der Waals surface area contributed by atoms with Gasteiger partial charge in [-0.2, -0.15) is 0 Å². The number of thiophene rings is 2. The van der Waals surface area contributed by atoms with Gasteiger partial charge in [0.1, 0.15) is 5.82 Å². The Balaban J connectivity index is 0.789. The minimum Gasteiger partial charge on any atom is -0.309 e. The molecule has 0 aliphatic heterocycles. The average molecular weight is 1090 g/mol. The Labute approximate surface area is 481 Å². The van der Waals surface area contributed by atoms with Gasteiger partial charge >= 0.3 is 0 Å². The van der Waals surface area contributed by atoms with Crippen LogP contribution in [0.4, 0.5) is 0 Å². The summed E-state index contributed by atoms with van der Waals surface area (Å²) in [6.45, 7) is 0. The van der Waals surface area contributed by atoms with Gasteiger partial charge in [0, 0.05) is 103 Å². The molecule has 0 unspecified atom stereocenters. The van der Waals surface area contributed by atoms with Gasteiger partial charge in [-0.05, 0) is 127 Å². The molecule has 0 N–H and O–H groups in total. The van der Waals surface area contributed by atoms with Crippen LogP contribution in [0, 0.1) is 0 Å². The fourth-order valence-corrected chi connectivity index (χ4v) is 15.2. The number of rotatable bonds is 13. The summed E-state index contributed by atoms with van der Waals surface area (Å²) in [4.78, 5) is 20.8. The predicted molar refractivity (Wildman–Crippen MR) is 345 cm³/mol. The maximum absolute atomic E-state index is 5.46. The lowest BCUT2D eigenvalue weighted by molar-refractivity contribution is 0.807. The molecular formula is C74H52N6S2. The van der Waals surface area contributed by atoms with Crippen molar-refractivity contribution in [2.45, 2.75) is 38.5 Å². The Bertz CT molecular complexity index is 5040. The number of fused-ring (bicyclic) bond motifs is 14. The van der Waals surface area contributed by atoms with Gasteiger partial charge in [-0.3, -0.25) is 4.98 Å². The number of benzene rings is 10. The number of aryl methyl sites for hydroxylation is 6. The van der Waals surface area contributed by atoms with Crippen molar-refractivity contribution in [1.29, 1.82) is 0 Å². The lowest BCUT2D eigenvalue weighted by Crippen LogP contribution is -2.08. The minimum atomic E-state index is 0.640. The highest BCUT2D eigenvalue weighted by atomic mass is 32.1. The first-order valence-electron chi connectivity index (χ1n) is 28.3. The molecule has 0 spiro atoms. The quantitative estimate of drug-likeness (QED) is 0.115. The Kier molecular flexibility index (Phi) is 11.9. The first kappa shape index (κ1) is 48.3. The normalized spacial score (nSPS) is 12.0. The number of aromatic nitrogens is 6. The Hall–Kier alpha value is -9.60. The smallest absolute Gasteiger partial charge is 0.163 e. The molecule has 0 saturated heterocycles. The molecule has 6 nitrogen and oxygen atoms in total. The van der Waals surface area contributed by atoms with Crippen molar-refractivity contribution in [1.82, 2.24) is 29.1 Å². The zero-order chi connectivity index (χ0) is 54.1. The molecule has 0 bridgehead atoms. The van der Waals surface area contributed by atoms with Crippen molar-refractivity contribution in [2.24, 2.45) is 0 Å². The van der Waals surface area contributed by atoms with Crippen LogP contribution in [0.15, 0.2) is 243 Å². The second-order valence-electron chi connectivity index (χ2n) is 21.4. The molecule has 0 atom stereocenters. The SMILES string of the molecule is c1ccc(-c2nc(CCc3cc(CCc4cccc5sc6ccc7c(c8ccccc8n7-c7ccccc7)c6c45)cnc3CCc3cccc4sc5ccc6c(c7ccccc7n6-c6ccccc6)c5c34)nc(-c3ccccc3)n2)cc1. The topological polar surface area (TPSA) is 61.4 Å². The molecule has 8 heteroatoms. The van der Waals surface area contributed by atoms with Crippen LogP contribution in [-0.2, 0) is 38.5 Å². The fraction of sp³-hybridized carbons (Fsp3) is 0.0811. The summed E-state index contributed by atoms with van der Waals surface area (Å²) < 4.78 is 10.1. The zero-order valence-corrected chi connectivity index (χ0v) is 46.5. The summed E-state index contributed by atoms with van der Waals surface area (Å²) in [5, 5.41) is 10.6. The molecular weight excluding hydrogens is 1040 g/mol. The summed E-state index contributed by atoms with van der Waals surface area (Å²) in [5.74, 6) is 2.14. The lowest BCUT2D eigenvalue weighted by atomic mass is 9.95. The third-order valence-electron chi connectivity index (χ3n) is 16.6. The van der Waals surface area contributed by atoms with Crippen molar-refractivity contribution in [3.8, 4) is 34.2 Å². The largest absolute Gasteiger partial charge is 0.309 e. The third-order valence-corrected chi connectivity index (χ3v) is 18.8. The molecule has 0 aliphatic carbocycles. The van der Waals surface area contributed by atoms with E-state index in [0.29, 0.717) is 18.1 Å². The van der Waals surface area contributed by atoms with Crippen molar-refractivity contribution in [2.75, 3.05) is 0 Å². The van der Waals surface area contributed by atoms with Crippen LogP contribution >= 0.6 is 22.7 Å². The number of hydrogen-bond acceptors (Lipinski definition) is 6. The van der Waals surface area contributed by atoms with Crippen LogP contribution in [0.2, 0.25) is 0 Å². The van der Waals surface area contributed by atoms with Crippen LogP contribution in [0.5, 0.6) is 0 Å². The molecule has 0 fully saturated rings. The molecule has 16 aromatic rings. The Morgan fingerprint density at radius 1 is 0.317 bits per heavy atom. The van der Waals surface area contributed by atoms with Crippen LogP contribution in [0.25, 0.3) is 118 Å². The van der Waals surface area contributed by atoms with Crippen LogP contribution < -0.4 is 0 Å². The van der Waals surface area contributed by atoms with E-state index in [9.17, 15) is 0 Å². The summed E-state index contributed by atoms with van der Waals surface area (Å²) >= 11 is 3.80. The van der Waals surface area contributed by atoms with E-state index in [0.717, 1.165) is 54.7 Å². The highest BCUT2D eigenvalue weighted by Crippen LogP contribution is 2.47. The Morgan fingerprint density at radius 2 is 0.768 bits per heavy atom. The monoisotopic (exact) mass is 1090 g/mol. The summed E-state index contributed by atoms with van der Waals surface area (Å²) in [6, 6.07) is 85.5. The van der Waals surface area contributed by atoms with Gasteiger partial charge in [0.2, 0.25) is 0 Å². The van der Waals surface area contributed by atoms with Gasteiger partial charge in [0.15, 0.2) is 11.6 Å². The van der Waals surface area contributed by atoms with Gasteiger partial charge in [0.05, 0.1) is 22.1 Å². The maximum Gasteiger partial charge on any atom is 0.163 e. The maximum atomic E-state index is 5.46. The van der Waals surface area contributed by atoms with Gasteiger partial charge in [-0.25, -0.2) is 15.0 Å². The Morgan fingerprint density at radius 3 is 1.29 bits per heavy atom. The third kappa shape index (κ3) is 8.28. The molecule has 0 radical (unpaired) electrons. The lowest BCUT2D eigenvalue weighted by Gasteiger charge is -2.13. The molecule has 10 aromatic carbocycles. The summed E-state index contributed by atoms with van der Waals surface area (Å²) in [6.07, 6.45) is 6.91. The fourth-order valence-electron chi connectivity index (χ4n) is 12.9. The molecule has 0 saturated carbocycles. The van der Waals surface area contributed by atoms with Gasteiger partial charge in [0.25, 0.3) is 0 Å². The van der Waals surface area contributed by atoms with Gasteiger partial charge in [-0.1, -0.05) is 164 Å². The van der Waals surface area contributed by atoms with E-state index < -0.39 is 0 Å². The van der Waals surface area contributed by atoms with Crippen LogP contribution in [0.3, 0.4) is 0 Å². The molecule has 6 aromatic heterocycles. The van der Waals surface area contributed by atoms with E-state index in [1.165, 1.54) is 118 Å². The first-order valence-corrected chi connectivity index (χ1v) is 30.0. The number of para-hydroxylation sites is 4. The summed E-state index contributed by atoms with van der Waals surface area (Å²) in [5.41, 5.74) is 15.5. The number of pyridine rings is 1. The van der Waals surface area contributed by atoms with Gasteiger partial charge in [-0.15, -0.1) is 22.7 Å². The van der Waals surface area contributed by atoms with Crippen molar-refractivity contribution in [3.63, 3.8) is 0 Å². The van der Waals surface area contributed by atoms with E-state index >= 15 is 0 Å². The van der Waals surface area contributed by atoms with E-state index in [2.05, 4.69) is 216 Å². The van der Waals surface area contributed by atoms with E-state index in [1.54, 1.807) is 0 Å². The van der Waals surface area contributed by atoms with Crippen LogP contribution in [0.1, 0.15) is 33.8 Å². The molecule has 82 heavy (non-hydrogen) atoms. The minimum absolute atomic E-state index is 0.640.